The number of ether oxygens (including phenoxy) is 1. The number of imide groups is 1. The van der Waals surface area contributed by atoms with E-state index in [4.69, 9.17) is 4.74 Å². The minimum absolute atomic E-state index is 0.000725. The second-order valence-electron chi connectivity index (χ2n) is 8.64. The smallest absolute Gasteiger partial charge is 0.416 e. The Morgan fingerprint density at radius 2 is 1.61 bits per heavy atom. The number of rotatable bonds is 7. The molecule has 7 nitrogen and oxygen atoms in total. The zero-order valence-corrected chi connectivity index (χ0v) is 19.0. The summed E-state index contributed by atoms with van der Waals surface area (Å²) in [7, 11) is 0. The lowest BCUT2D eigenvalue weighted by Gasteiger charge is -2.25. The van der Waals surface area contributed by atoms with Gasteiger partial charge in [0, 0.05) is 12.1 Å². The minimum atomic E-state index is -4.58. The standard InChI is InChI=1S/C26H23F3N2O5/c27-26(28,29)17-9-6-10-18(14-17)30-22(32)15-36-25(35)21(13-16-7-2-1-3-8-16)31-23(33)19-11-4-5-12-20(19)24(31)34/h1-10,14,19-21H,11-13,15H2,(H,30,32)/t19-,20+,21-/m0/s1. The first-order chi connectivity index (χ1) is 17.1. The number of nitrogens with zero attached hydrogens (tertiary/aromatic N) is 1. The maximum atomic E-state index is 13.1. The van der Waals surface area contributed by atoms with E-state index in [-0.39, 0.29) is 12.1 Å². The molecule has 2 aromatic carbocycles. The Morgan fingerprint density at radius 3 is 2.22 bits per heavy atom. The number of anilines is 1. The van der Waals surface area contributed by atoms with E-state index in [0.717, 1.165) is 23.1 Å². The van der Waals surface area contributed by atoms with Gasteiger partial charge in [0.1, 0.15) is 6.04 Å². The highest BCUT2D eigenvalue weighted by atomic mass is 19.4. The summed E-state index contributed by atoms with van der Waals surface area (Å²) in [6.45, 7) is -0.801. The highest BCUT2D eigenvalue weighted by Gasteiger charge is 2.51. The normalized spacial score (nSPS) is 20.1. The highest BCUT2D eigenvalue weighted by Crippen LogP contribution is 2.37. The van der Waals surface area contributed by atoms with Gasteiger partial charge in [0.2, 0.25) is 11.8 Å². The lowest BCUT2D eigenvalue weighted by molar-refractivity contribution is -0.160. The van der Waals surface area contributed by atoms with Gasteiger partial charge in [-0.1, -0.05) is 48.6 Å². The molecule has 1 aliphatic carbocycles. The van der Waals surface area contributed by atoms with E-state index < -0.39 is 59.9 Å². The second kappa shape index (κ2) is 10.3. The number of halogens is 3. The predicted molar refractivity (Wildman–Crippen MR) is 122 cm³/mol. The van der Waals surface area contributed by atoms with Crippen LogP contribution in [0.2, 0.25) is 0 Å². The van der Waals surface area contributed by atoms with Crippen molar-refractivity contribution in [3.63, 3.8) is 0 Å². The van der Waals surface area contributed by atoms with Crippen molar-refractivity contribution < 1.29 is 37.1 Å². The van der Waals surface area contributed by atoms with Crippen LogP contribution in [0.15, 0.2) is 66.7 Å². The van der Waals surface area contributed by atoms with Crippen LogP contribution < -0.4 is 5.32 Å². The topological polar surface area (TPSA) is 92.8 Å². The summed E-state index contributed by atoms with van der Waals surface area (Å²) in [5.74, 6) is -3.82. The Morgan fingerprint density at radius 1 is 0.972 bits per heavy atom. The van der Waals surface area contributed by atoms with Crippen LogP contribution in [-0.4, -0.2) is 41.2 Å². The third-order valence-corrected chi connectivity index (χ3v) is 6.22. The lowest BCUT2D eigenvalue weighted by atomic mass is 9.85. The Balaban J connectivity index is 1.47. The van der Waals surface area contributed by atoms with Gasteiger partial charge in [-0.25, -0.2) is 4.79 Å². The van der Waals surface area contributed by atoms with E-state index >= 15 is 0 Å². The molecule has 0 radical (unpaired) electrons. The van der Waals surface area contributed by atoms with E-state index in [1.165, 1.54) is 6.07 Å². The zero-order chi connectivity index (χ0) is 25.9. The van der Waals surface area contributed by atoms with E-state index in [1.54, 1.807) is 30.3 Å². The molecule has 1 saturated heterocycles. The van der Waals surface area contributed by atoms with Crippen molar-refractivity contribution in [2.75, 3.05) is 11.9 Å². The van der Waals surface area contributed by atoms with E-state index in [0.29, 0.717) is 18.4 Å². The SMILES string of the molecule is O=C(COC(=O)[C@H](Cc1ccccc1)N1C(=O)[C@H]2CC=CC[C@H]2C1=O)Nc1cccc(C(F)(F)F)c1. The van der Waals surface area contributed by atoms with Crippen LogP contribution in [0.1, 0.15) is 24.0 Å². The number of hydrogen-bond acceptors (Lipinski definition) is 5. The Hall–Kier alpha value is -3.95. The van der Waals surface area contributed by atoms with Crippen LogP contribution in [0.4, 0.5) is 18.9 Å². The molecule has 4 rings (SSSR count). The number of carbonyl (C=O) groups excluding carboxylic acids is 4. The van der Waals surface area contributed by atoms with Gasteiger partial charge in [0.25, 0.3) is 5.91 Å². The number of benzene rings is 2. The van der Waals surface area contributed by atoms with Crippen molar-refractivity contribution in [1.82, 2.24) is 4.90 Å². The molecule has 0 unspecified atom stereocenters. The Labute approximate surface area is 204 Å². The van der Waals surface area contributed by atoms with Crippen LogP contribution in [-0.2, 0) is 36.5 Å². The molecule has 3 amide bonds. The first kappa shape index (κ1) is 25.2. The van der Waals surface area contributed by atoms with Crippen molar-refractivity contribution in [2.45, 2.75) is 31.5 Å². The van der Waals surface area contributed by atoms with Crippen LogP contribution in [0.3, 0.4) is 0 Å². The number of likely N-dealkylation sites (tertiary alicyclic amines) is 1. The molecule has 2 aromatic rings. The first-order valence-electron chi connectivity index (χ1n) is 11.3. The van der Waals surface area contributed by atoms with Crippen molar-refractivity contribution in [3.8, 4) is 0 Å². The molecule has 188 valence electrons. The third kappa shape index (κ3) is 5.48. The summed E-state index contributed by atoms with van der Waals surface area (Å²) >= 11 is 0. The fraction of sp³-hybridized carbons (Fsp3) is 0.308. The van der Waals surface area contributed by atoms with Crippen molar-refractivity contribution in [1.29, 1.82) is 0 Å². The van der Waals surface area contributed by atoms with Gasteiger partial charge in [0.15, 0.2) is 6.61 Å². The van der Waals surface area contributed by atoms with Gasteiger partial charge < -0.3 is 10.1 Å². The maximum Gasteiger partial charge on any atom is 0.416 e. The number of hydrogen-bond donors (Lipinski definition) is 1. The first-order valence-corrected chi connectivity index (χ1v) is 11.3. The quantitative estimate of drug-likeness (QED) is 0.355. The fourth-order valence-corrected chi connectivity index (χ4v) is 4.45. The van der Waals surface area contributed by atoms with Gasteiger partial charge in [-0.2, -0.15) is 13.2 Å². The summed E-state index contributed by atoms with van der Waals surface area (Å²) in [6, 6.07) is 11.5. The van der Waals surface area contributed by atoms with Crippen LogP contribution >= 0.6 is 0 Å². The Bertz CT molecular complexity index is 1170. The molecule has 36 heavy (non-hydrogen) atoms. The number of esters is 1. The molecular weight excluding hydrogens is 477 g/mol. The van der Waals surface area contributed by atoms with Crippen LogP contribution in [0.25, 0.3) is 0 Å². The van der Waals surface area contributed by atoms with Gasteiger partial charge in [-0.3, -0.25) is 19.3 Å². The van der Waals surface area contributed by atoms with Crippen LogP contribution in [0.5, 0.6) is 0 Å². The van der Waals surface area contributed by atoms with Crippen LogP contribution in [0, 0.1) is 11.8 Å². The monoisotopic (exact) mass is 500 g/mol. The molecule has 0 bridgehead atoms. The molecule has 0 spiro atoms. The van der Waals surface area contributed by atoms with E-state index in [2.05, 4.69) is 5.32 Å². The lowest BCUT2D eigenvalue weighted by Crippen LogP contribution is -2.48. The zero-order valence-electron chi connectivity index (χ0n) is 19.0. The third-order valence-electron chi connectivity index (χ3n) is 6.22. The Kier molecular flexibility index (Phi) is 7.23. The summed E-state index contributed by atoms with van der Waals surface area (Å²) in [5.41, 5.74) is -0.378. The van der Waals surface area contributed by atoms with E-state index in [9.17, 15) is 32.3 Å². The molecule has 10 heteroatoms. The molecule has 1 fully saturated rings. The maximum absolute atomic E-state index is 13.1. The average Bonchev–Trinajstić information content (AvgIpc) is 3.11. The van der Waals surface area contributed by atoms with Crippen molar-refractivity contribution in [2.24, 2.45) is 11.8 Å². The van der Waals surface area contributed by atoms with Crippen molar-refractivity contribution >= 4 is 29.4 Å². The molecular formula is C26H23F3N2O5. The molecule has 1 heterocycles. The summed E-state index contributed by atoms with van der Waals surface area (Å²) < 4.78 is 43.8. The number of nitrogens with one attached hydrogen (secondary N) is 1. The average molecular weight is 500 g/mol. The number of allylic oxidation sites excluding steroid dienone is 2. The summed E-state index contributed by atoms with van der Waals surface area (Å²) in [5, 5.41) is 2.25. The molecule has 1 aliphatic heterocycles. The highest BCUT2D eigenvalue weighted by molar-refractivity contribution is 6.08. The van der Waals surface area contributed by atoms with Gasteiger partial charge in [-0.15, -0.1) is 0 Å². The number of amides is 3. The summed E-state index contributed by atoms with van der Waals surface area (Å²) in [4.78, 5) is 52.4. The van der Waals surface area contributed by atoms with E-state index in [1.807, 2.05) is 12.2 Å². The largest absolute Gasteiger partial charge is 0.454 e. The van der Waals surface area contributed by atoms with Gasteiger partial charge >= 0.3 is 12.1 Å². The molecule has 3 atom stereocenters. The predicted octanol–water partition coefficient (Wildman–Crippen LogP) is 3.75. The van der Waals surface area contributed by atoms with Crippen molar-refractivity contribution in [3.05, 3.63) is 77.9 Å². The summed E-state index contributed by atoms with van der Waals surface area (Å²) in [6.07, 6.45) is -0.119. The van der Waals surface area contributed by atoms with Gasteiger partial charge in [0.05, 0.1) is 17.4 Å². The molecule has 0 aromatic heterocycles. The number of alkyl halides is 3. The minimum Gasteiger partial charge on any atom is -0.454 e. The fourth-order valence-electron chi connectivity index (χ4n) is 4.45. The molecule has 0 saturated carbocycles. The van der Waals surface area contributed by atoms with Gasteiger partial charge in [-0.05, 0) is 36.6 Å². The number of carbonyl (C=O) groups is 4. The molecule has 2 aliphatic rings. The second-order valence-corrected chi connectivity index (χ2v) is 8.64. The number of fused-ring (bicyclic) bond motifs is 1. The molecule has 1 N–H and O–H groups in total.